The van der Waals surface area contributed by atoms with Gasteiger partial charge in [-0.2, -0.15) is 0 Å². The topological polar surface area (TPSA) is 76.5 Å². The van der Waals surface area contributed by atoms with Crippen molar-refractivity contribution in [2.75, 3.05) is 0 Å². The number of aryl methyl sites for hydroxylation is 3. The lowest BCUT2D eigenvalue weighted by Crippen LogP contribution is -2.28. The standard InChI is InChI=1S/C32H33N5O/c1-3-4-12-27-21-23(2)37(20-19-24-10-6-5-7-11-24)32(38)30(27)22-25-15-17-26(18-16-25)28-13-8-9-14-29(28)31-33-35-36-34-31/h5-11,13-18,21H,3-4,12,19-20,22H2,1-2H3,(H,33,34,35,36). The van der Waals surface area contributed by atoms with Gasteiger partial charge >= 0.3 is 0 Å². The molecule has 3 aromatic carbocycles. The molecular weight excluding hydrogens is 470 g/mol. The lowest BCUT2D eigenvalue weighted by atomic mass is 9.94. The van der Waals surface area contributed by atoms with Crippen molar-refractivity contribution in [3.8, 4) is 22.5 Å². The lowest BCUT2D eigenvalue weighted by Gasteiger charge is -2.17. The van der Waals surface area contributed by atoms with Gasteiger partial charge in [-0.3, -0.25) is 4.79 Å². The van der Waals surface area contributed by atoms with E-state index in [-0.39, 0.29) is 5.56 Å². The zero-order chi connectivity index (χ0) is 26.3. The van der Waals surface area contributed by atoms with Crippen LogP contribution in [0.3, 0.4) is 0 Å². The van der Waals surface area contributed by atoms with Crippen LogP contribution in [0.2, 0.25) is 0 Å². The summed E-state index contributed by atoms with van der Waals surface area (Å²) < 4.78 is 1.95. The predicted molar refractivity (Wildman–Crippen MR) is 152 cm³/mol. The molecule has 0 atom stereocenters. The third kappa shape index (κ3) is 5.65. The van der Waals surface area contributed by atoms with Crippen LogP contribution in [-0.4, -0.2) is 25.2 Å². The van der Waals surface area contributed by atoms with Crippen molar-refractivity contribution in [3.05, 3.63) is 123 Å². The summed E-state index contributed by atoms with van der Waals surface area (Å²) in [6.07, 6.45) is 4.57. The summed E-state index contributed by atoms with van der Waals surface area (Å²) in [4.78, 5) is 13.8. The van der Waals surface area contributed by atoms with Crippen LogP contribution in [0.25, 0.3) is 22.5 Å². The zero-order valence-electron chi connectivity index (χ0n) is 22.0. The van der Waals surface area contributed by atoms with Crippen molar-refractivity contribution in [2.24, 2.45) is 0 Å². The minimum absolute atomic E-state index is 0.138. The molecule has 38 heavy (non-hydrogen) atoms. The number of hydrogen-bond donors (Lipinski definition) is 1. The fraction of sp³-hybridized carbons (Fsp3) is 0.250. The maximum absolute atomic E-state index is 13.8. The molecule has 0 saturated heterocycles. The Morgan fingerprint density at radius 2 is 1.58 bits per heavy atom. The van der Waals surface area contributed by atoms with Crippen LogP contribution in [0, 0.1) is 6.92 Å². The van der Waals surface area contributed by atoms with E-state index >= 15 is 0 Å². The molecule has 0 fully saturated rings. The molecule has 6 nitrogen and oxygen atoms in total. The molecule has 5 aromatic rings. The van der Waals surface area contributed by atoms with Gasteiger partial charge in [-0.1, -0.05) is 92.2 Å². The molecule has 0 aliphatic rings. The molecule has 0 aliphatic carbocycles. The summed E-state index contributed by atoms with van der Waals surface area (Å²) in [5.74, 6) is 0.640. The number of hydrogen-bond acceptors (Lipinski definition) is 4. The summed E-state index contributed by atoms with van der Waals surface area (Å²) in [6, 6.07) is 29.2. The van der Waals surface area contributed by atoms with E-state index in [1.165, 1.54) is 11.1 Å². The second-order valence-electron chi connectivity index (χ2n) is 9.75. The Bertz CT molecular complexity index is 1540. The van der Waals surface area contributed by atoms with Gasteiger partial charge in [0.1, 0.15) is 0 Å². The van der Waals surface area contributed by atoms with Gasteiger partial charge in [0.15, 0.2) is 5.82 Å². The lowest BCUT2D eigenvalue weighted by molar-refractivity contribution is 0.637. The monoisotopic (exact) mass is 503 g/mol. The average molecular weight is 504 g/mol. The van der Waals surface area contributed by atoms with Crippen molar-refractivity contribution in [3.63, 3.8) is 0 Å². The Hall–Kier alpha value is -4.32. The fourth-order valence-electron chi connectivity index (χ4n) is 5.04. The SMILES string of the molecule is CCCCc1cc(C)n(CCc2ccccc2)c(=O)c1Cc1ccc(-c2ccccc2-c2nnn[nH]2)cc1. The summed E-state index contributed by atoms with van der Waals surface area (Å²) >= 11 is 0. The number of rotatable bonds is 10. The number of benzene rings is 3. The molecule has 0 saturated carbocycles. The minimum atomic E-state index is 0.138. The molecule has 2 aromatic heterocycles. The van der Waals surface area contributed by atoms with Crippen molar-refractivity contribution >= 4 is 0 Å². The van der Waals surface area contributed by atoms with Crippen molar-refractivity contribution in [1.29, 1.82) is 0 Å². The van der Waals surface area contributed by atoms with Crippen LogP contribution < -0.4 is 5.56 Å². The quantitative estimate of drug-likeness (QED) is 0.247. The molecule has 0 bridgehead atoms. The Balaban J connectivity index is 1.44. The van der Waals surface area contributed by atoms with E-state index < -0.39 is 0 Å². The molecule has 5 rings (SSSR count). The maximum atomic E-state index is 13.8. The van der Waals surface area contributed by atoms with Gasteiger partial charge < -0.3 is 4.57 Å². The van der Waals surface area contributed by atoms with Crippen LogP contribution in [0.1, 0.15) is 47.7 Å². The van der Waals surface area contributed by atoms with Crippen molar-refractivity contribution < 1.29 is 0 Å². The number of unbranched alkanes of at least 4 members (excludes halogenated alkanes) is 1. The molecule has 192 valence electrons. The Kier molecular flexibility index (Phi) is 7.88. The largest absolute Gasteiger partial charge is 0.312 e. The summed E-state index contributed by atoms with van der Waals surface area (Å²) in [6.45, 7) is 4.93. The number of aromatic amines is 1. The van der Waals surface area contributed by atoms with Crippen LogP contribution >= 0.6 is 0 Å². The molecule has 0 unspecified atom stereocenters. The Labute approximate surface area is 223 Å². The zero-order valence-corrected chi connectivity index (χ0v) is 22.0. The van der Waals surface area contributed by atoms with Gasteiger partial charge in [-0.25, -0.2) is 5.10 Å². The van der Waals surface area contributed by atoms with E-state index in [4.69, 9.17) is 0 Å². The Morgan fingerprint density at radius 3 is 2.29 bits per heavy atom. The van der Waals surface area contributed by atoms with Crippen LogP contribution in [0.4, 0.5) is 0 Å². The van der Waals surface area contributed by atoms with Gasteiger partial charge in [-0.15, -0.1) is 5.10 Å². The highest BCUT2D eigenvalue weighted by molar-refractivity contribution is 5.80. The molecule has 1 N–H and O–H groups in total. The highest BCUT2D eigenvalue weighted by Gasteiger charge is 2.15. The van der Waals surface area contributed by atoms with Gasteiger partial charge in [0, 0.05) is 29.8 Å². The first kappa shape index (κ1) is 25.3. The number of pyridine rings is 1. The smallest absolute Gasteiger partial charge is 0.254 e. The van der Waals surface area contributed by atoms with E-state index in [1.807, 2.05) is 28.8 Å². The van der Waals surface area contributed by atoms with E-state index in [2.05, 4.69) is 95.1 Å². The highest BCUT2D eigenvalue weighted by atomic mass is 16.1. The number of H-pyrrole nitrogens is 1. The molecule has 2 heterocycles. The van der Waals surface area contributed by atoms with Crippen molar-refractivity contribution in [1.82, 2.24) is 25.2 Å². The number of aromatic nitrogens is 5. The first-order valence-corrected chi connectivity index (χ1v) is 13.3. The second-order valence-corrected chi connectivity index (χ2v) is 9.75. The number of nitrogens with one attached hydrogen (secondary N) is 1. The first-order valence-electron chi connectivity index (χ1n) is 13.3. The molecule has 0 aliphatic heterocycles. The third-order valence-electron chi connectivity index (χ3n) is 7.14. The van der Waals surface area contributed by atoms with Crippen LogP contribution in [0.5, 0.6) is 0 Å². The summed E-state index contributed by atoms with van der Waals surface area (Å²) in [5.41, 5.74) is 8.72. The molecule has 0 spiro atoms. The van der Waals surface area contributed by atoms with E-state index in [9.17, 15) is 4.79 Å². The van der Waals surface area contributed by atoms with Gasteiger partial charge in [-0.05, 0) is 70.5 Å². The highest BCUT2D eigenvalue weighted by Crippen LogP contribution is 2.30. The second kappa shape index (κ2) is 11.8. The number of tetrazole rings is 1. The molecule has 0 amide bonds. The van der Waals surface area contributed by atoms with E-state index in [1.54, 1.807) is 0 Å². The fourth-order valence-corrected chi connectivity index (χ4v) is 5.04. The normalized spacial score (nSPS) is 11.1. The Morgan fingerprint density at radius 1 is 0.842 bits per heavy atom. The average Bonchev–Trinajstić information content (AvgIpc) is 3.49. The molecule has 0 radical (unpaired) electrons. The van der Waals surface area contributed by atoms with E-state index in [0.29, 0.717) is 18.8 Å². The van der Waals surface area contributed by atoms with Gasteiger partial charge in [0.25, 0.3) is 5.56 Å². The third-order valence-corrected chi connectivity index (χ3v) is 7.14. The van der Waals surface area contributed by atoms with Gasteiger partial charge in [0.05, 0.1) is 0 Å². The predicted octanol–water partition coefficient (Wildman–Crippen LogP) is 6.18. The first-order chi connectivity index (χ1) is 18.6. The summed E-state index contributed by atoms with van der Waals surface area (Å²) in [5, 5.41) is 14.4. The van der Waals surface area contributed by atoms with Crippen molar-refractivity contribution in [2.45, 2.75) is 52.5 Å². The summed E-state index contributed by atoms with van der Waals surface area (Å²) in [7, 11) is 0. The maximum Gasteiger partial charge on any atom is 0.254 e. The number of nitrogens with zero attached hydrogens (tertiary/aromatic N) is 4. The molecule has 6 heteroatoms. The minimum Gasteiger partial charge on any atom is -0.312 e. The van der Waals surface area contributed by atoms with Gasteiger partial charge in [0.2, 0.25) is 0 Å². The van der Waals surface area contributed by atoms with E-state index in [0.717, 1.165) is 59.2 Å². The van der Waals surface area contributed by atoms with Crippen LogP contribution in [0.15, 0.2) is 89.7 Å². The van der Waals surface area contributed by atoms with Crippen LogP contribution in [-0.2, 0) is 25.8 Å². The molecular formula is C32H33N5O.